The number of hydrogen-bond acceptors (Lipinski definition) is 3. The normalized spacial score (nSPS) is 31.5. The molecule has 2 bridgehead atoms. The summed E-state index contributed by atoms with van der Waals surface area (Å²) in [7, 11) is 1.79. The lowest BCUT2D eigenvalue weighted by molar-refractivity contribution is 0.0914. The van der Waals surface area contributed by atoms with Gasteiger partial charge in [0.1, 0.15) is 5.69 Å². The molecule has 2 saturated heterocycles. The van der Waals surface area contributed by atoms with Crippen molar-refractivity contribution < 1.29 is 4.79 Å². The number of carbonyl (C=O) groups is 1. The summed E-state index contributed by atoms with van der Waals surface area (Å²) in [6, 6.07) is 3.28. The van der Waals surface area contributed by atoms with Gasteiger partial charge >= 0.3 is 0 Å². The number of hydrogen-bond donors (Lipinski definition) is 2. The maximum atomic E-state index is 12.0. The number of fused-ring (bicyclic) bond motifs is 2. The van der Waals surface area contributed by atoms with Crippen molar-refractivity contribution in [2.24, 2.45) is 7.05 Å². The zero-order valence-electron chi connectivity index (χ0n) is 10.0. The highest BCUT2D eigenvalue weighted by Gasteiger charge is 2.34. The van der Waals surface area contributed by atoms with Gasteiger partial charge in [-0.1, -0.05) is 0 Å². The van der Waals surface area contributed by atoms with Gasteiger partial charge in [0.25, 0.3) is 5.91 Å². The number of carbonyl (C=O) groups excluding carboxylic acids is 1. The van der Waals surface area contributed by atoms with E-state index in [1.165, 1.54) is 12.8 Å². The Balaban J connectivity index is 1.64. The van der Waals surface area contributed by atoms with Crippen LogP contribution in [0.2, 0.25) is 0 Å². The largest absolute Gasteiger partial charge is 0.348 e. The van der Waals surface area contributed by atoms with Crippen LogP contribution < -0.4 is 10.6 Å². The summed E-state index contributed by atoms with van der Waals surface area (Å²) in [6.45, 7) is 0. The first kappa shape index (κ1) is 10.8. The van der Waals surface area contributed by atoms with Crippen molar-refractivity contribution in [3.8, 4) is 0 Å². The average Bonchev–Trinajstić information content (AvgIpc) is 2.85. The molecule has 3 rings (SSSR count). The Labute approximate surface area is 101 Å². The third-order valence-electron chi connectivity index (χ3n) is 3.86. The molecule has 3 heterocycles. The molecular formula is C12H18N4O. The van der Waals surface area contributed by atoms with E-state index in [1.54, 1.807) is 24.0 Å². The molecule has 0 aromatic carbocycles. The fraction of sp³-hybridized carbons (Fsp3) is 0.667. The van der Waals surface area contributed by atoms with Crippen LogP contribution in [0.25, 0.3) is 0 Å². The number of aryl methyl sites for hydroxylation is 1. The molecule has 2 fully saturated rings. The zero-order chi connectivity index (χ0) is 11.8. The van der Waals surface area contributed by atoms with Crippen LogP contribution >= 0.6 is 0 Å². The summed E-state index contributed by atoms with van der Waals surface area (Å²) >= 11 is 0. The summed E-state index contributed by atoms with van der Waals surface area (Å²) in [4.78, 5) is 12.0. The molecule has 5 nitrogen and oxygen atoms in total. The second-order valence-electron chi connectivity index (χ2n) is 5.12. The van der Waals surface area contributed by atoms with Crippen LogP contribution in [0.1, 0.15) is 36.2 Å². The predicted molar refractivity (Wildman–Crippen MR) is 63.6 cm³/mol. The number of piperidine rings is 1. The Morgan fingerprint density at radius 2 is 2.18 bits per heavy atom. The number of aromatic nitrogens is 2. The lowest BCUT2D eigenvalue weighted by Crippen LogP contribution is -2.48. The minimum Gasteiger partial charge on any atom is -0.348 e. The molecule has 17 heavy (non-hydrogen) atoms. The van der Waals surface area contributed by atoms with Gasteiger partial charge in [0.05, 0.1) is 0 Å². The minimum absolute atomic E-state index is 0.00343. The van der Waals surface area contributed by atoms with E-state index in [-0.39, 0.29) is 5.91 Å². The fourth-order valence-corrected chi connectivity index (χ4v) is 3.03. The Morgan fingerprint density at radius 3 is 2.76 bits per heavy atom. The molecule has 0 saturated carbocycles. The molecule has 0 spiro atoms. The highest BCUT2D eigenvalue weighted by molar-refractivity contribution is 5.92. The smallest absolute Gasteiger partial charge is 0.269 e. The molecule has 0 aliphatic carbocycles. The van der Waals surface area contributed by atoms with Crippen molar-refractivity contribution >= 4 is 5.91 Å². The lowest BCUT2D eigenvalue weighted by Gasteiger charge is -2.29. The number of rotatable bonds is 2. The summed E-state index contributed by atoms with van der Waals surface area (Å²) in [5, 5.41) is 10.7. The van der Waals surface area contributed by atoms with Crippen LogP contribution in [0.15, 0.2) is 12.3 Å². The van der Waals surface area contributed by atoms with Crippen molar-refractivity contribution in [3.05, 3.63) is 18.0 Å². The molecular weight excluding hydrogens is 216 g/mol. The van der Waals surface area contributed by atoms with E-state index >= 15 is 0 Å². The van der Waals surface area contributed by atoms with Crippen molar-refractivity contribution in [3.63, 3.8) is 0 Å². The van der Waals surface area contributed by atoms with Crippen LogP contribution in [0.5, 0.6) is 0 Å². The maximum absolute atomic E-state index is 12.0. The van der Waals surface area contributed by atoms with E-state index in [0.717, 1.165) is 12.8 Å². The highest BCUT2D eigenvalue weighted by Crippen LogP contribution is 2.26. The number of amides is 1. The zero-order valence-corrected chi connectivity index (χ0v) is 10.0. The van der Waals surface area contributed by atoms with Crippen LogP contribution in [-0.2, 0) is 7.05 Å². The second kappa shape index (κ2) is 4.14. The van der Waals surface area contributed by atoms with E-state index in [1.807, 2.05) is 0 Å². The topological polar surface area (TPSA) is 59.0 Å². The Kier molecular flexibility index (Phi) is 2.63. The van der Waals surface area contributed by atoms with E-state index in [4.69, 9.17) is 0 Å². The van der Waals surface area contributed by atoms with Crippen molar-refractivity contribution in [2.45, 2.75) is 43.8 Å². The molecule has 1 aromatic heterocycles. The maximum Gasteiger partial charge on any atom is 0.269 e. The molecule has 2 unspecified atom stereocenters. The van der Waals surface area contributed by atoms with Gasteiger partial charge in [-0.3, -0.25) is 9.48 Å². The highest BCUT2D eigenvalue weighted by atomic mass is 16.2. The number of nitrogens with zero attached hydrogens (tertiary/aromatic N) is 2. The molecule has 5 heteroatoms. The molecule has 1 aromatic rings. The summed E-state index contributed by atoms with van der Waals surface area (Å²) in [5.41, 5.74) is 0.635. The molecule has 0 radical (unpaired) electrons. The van der Waals surface area contributed by atoms with Crippen molar-refractivity contribution in [1.29, 1.82) is 0 Å². The Bertz CT molecular complexity index is 416. The van der Waals surface area contributed by atoms with Gasteiger partial charge in [-0.25, -0.2) is 0 Å². The molecule has 2 atom stereocenters. The standard InChI is InChI=1S/C12H18N4O/c1-16-11(4-5-13-16)12(17)15-10-6-8-2-3-9(7-10)14-8/h4-5,8-10,14H,2-3,6-7H2,1H3,(H,15,17). The molecule has 92 valence electrons. The fourth-order valence-electron chi connectivity index (χ4n) is 3.03. The molecule has 2 aliphatic heterocycles. The van der Waals surface area contributed by atoms with Crippen LogP contribution in [-0.4, -0.2) is 33.8 Å². The molecule has 2 aliphatic rings. The summed E-state index contributed by atoms with van der Waals surface area (Å²) < 4.78 is 1.62. The first-order valence-corrected chi connectivity index (χ1v) is 6.27. The van der Waals surface area contributed by atoms with Crippen LogP contribution in [0.3, 0.4) is 0 Å². The summed E-state index contributed by atoms with van der Waals surface area (Å²) in [5.74, 6) is -0.00343. The van der Waals surface area contributed by atoms with Gasteiger partial charge in [0.2, 0.25) is 0 Å². The van der Waals surface area contributed by atoms with Crippen LogP contribution in [0.4, 0.5) is 0 Å². The minimum atomic E-state index is -0.00343. The van der Waals surface area contributed by atoms with Crippen LogP contribution in [0, 0.1) is 0 Å². The Hall–Kier alpha value is -1.36. The first-order chi connectivity index (χ1) is 8.22. The lowest BCUT2D eigenvalue weighted by atomic mass is 10.00. The first-order valence-electron chi connectivity index (χ1n) is 6.27. The van der Waals surface area contributed by atoms with Gasteiger partial charge in [-0.05, 0) is 31.7 Å². The van der Waals surface area contributed by atoms with Gasteiger partial charge < -0.3 is 10.6 Å². The van der Waals surface area contributed by atoms with E-state index < -0.39 is 0 Å². The van der Waals surface area contributed by atoms with E-state index in [2.05, 4.69) is 15.7 Å². The van der Waals surface area contributed by atoms with Gasteiger partial charge in [-0.2, -0.15) is 5.10 Å². The van der Waals surface area contributed by atoms with Crippen molar-refractivity contribution in [2.75, 3.05) is 0 Å². The summed E-state index contributed by atoms with van der Waals surface area (Å²) in [6.07, 6.45) is 6.27. The predicted octanol–water partition coefficient (Wildman–Crippen LogP) is 0.433. The SMILES string of the molecule is Cn1nccc1C(=O)NC1CC2CCC(C1)N2. The Morgan fingerprint density at radius 1 is 1.47 bits per heavy atom. The molecule has 1 amide bonds. The third-order valence-corrected chi connectivity index (χ3v) is 3.86. The molecule has 2 N–H and O–H groups in total. The number of nitrogens with one attached hydrogen (secondary N) is 2. The van der Waals surface area contributed by atoms with Gasteiger partial charge in [0, 0.05) is 31.4 Å². The van der Waals surface area contributed by atoms with Crippen molar-refractivity contribution in [1.82, 2.24) is 20.4 Å². The average molecular weight is 234 g/mol. The monoisotopic (exact) mass is 234 g/mol. The van der Waals surface area contributed by atoms with E-state index in [9.17, 15) is 4.79 Å². The van der Waals surface area contributed by atoms with E-state index in [0.29, 0.717) is 23.8 Å². The second-order valence-corrected chi connectivity index (χ2v) is 5.12. The third kappa shape index (κ3) is 2.07. The quantitative estimate of drug-likeness (QED) is 0.780. The van der Waals surface area contributed by atoms with Gasteiger partial charge in [-0.15, -0.1) is 0 Å². The van der Waals surface area contributed by atoms with Gasteiger partial charge in [0.15, 0.2) is 0 Å².